The van der Waals surface area contributed by atoms with E-state index in [9.17, 15) is 0 Å². The summed E-state index contributed by atoms with van der Waals surface area (Å²) in [6, 6.07) is 29.3. The maximum atomic E-state index is 5.02. The molecular weight excluding hydrogens is 390 g/mol. The summed E-state index contributed by atoms with van der Waals surface area (Å²) in [6.45, 7) is 6.69. The lowest BCUT2D eigenvalue weighted by Crippen LogP contribution is -2.10. The second-order valence-corrected chi connectivity index (χ2v) is 9.05. The van der Waals surface area contributed by atoms with Gasteiger partial charge in [0.1, 0.15) is 0 Å². The highest BCUT2D eigenvalue weighted by atomic mass is 14.8. The van der Waals surface area contributed by atoms with Crippen molar-refractivity contribution in [2.45, 2.75) is 26.2 Å². The van der Waals surface area contributed by atoms with Crippen molar-refractivity contribution >= 4 is 11.0 Å². The van der Waals surface area contributed by atoms with Gasteiger partial charge in [0.15, 0.2) is 0 Å². The van der Waals surface area contributed by atoms with E-state index in [1.165, 1.54) is 5.56 Å². The van der Waals surface area contributed by atoms with Gasteiger partial charge in [0.05, 0.1) is 22.4 Å². The van der Waals surface area contributed by atoms with E-state index in [0.717, 1.165) is 44.7 Å². The summed E-state index contributed by atoms with van der Waals surface area (Å²) in [7, 11) is 0. The van der Waals surface area contributed by atoms with Crippen LogP contribution in [0.3, 0.4) is 0 Å². The maximum Gasteiger partial charge on any atom is 0.0973 e. The minimum atomic E-state index is 0.110. The third kappa shape index (κ3) is 3.90. The molecule has 2 aromatic heterocycles. The lowest BCUT2D eigenvalue weighted by molar-refractivity contribution is 0.590. The summed E-state index contributed by atoms with van der Waals surface area (Å²) in [5.74, 6) is 0. The van der Waals surface area contributed by atoms with E-state index in [1.807, 2.05) is 48.8 Å². The molecule has 32 heavy (non-hydrogen) atoms. The number of aromatic nitrogens is 3. The third-order valence-electron chi connectivity index (χ3n) is 5.77. The number of fused-ring (bicyclic) bond motifs is 1. The van der Waals surface area contributed by atoms with E-state index >= 15 is 0 Å². The van der Waals surface area contributed by atoms with Crippen molar-refractivity contribution < 1.29 is 0 Å². The highest BCUT2D eigenvalue weighted by Gasteiger charge is 2.16. The molecule has 0 spiro atoms. The molecule has 0 bridgehead atoms. The molecule has 3 heteroatoms. The van der Waals surface area contributed by atoms with Crippen molar-refractivity contribution in [2.75, 3.05) is 0 Å². The summed E-state index contributed by atoms with van der Waals surface area (Å²) >= 11 is 0. The molecule has 0 fully saturated rings. The number of rotatable bonds is 3. The molecule has 0 aliphatic carbocycles. The number of pyridine rings is 1. The zero-order valence-electron chi connectivity index (χ0n) is 18.6. The first kappa shape index (κ1) is 20.1. The molecular formula is C29H25N3. The minimum absolute atomic E-state index is 0.110. The number of nitrogens with zero attached hydrogens (tertiary/aromatic N) is 3. The van der Waals surface area contributed by atoms with Crippen molar-refractivity contribution in [3.63, 3.8) is 0 Å². The monoisotopic (exact) mass is 415 g/mol. The summed E-state index contributed by atoms with van der Waals surface area (Å²) in [6.07, 6.45) is 3.63. The van der Waals surface area contributed by atoms with Crippen molar-refractivity contribution in [3.8, 4) is 33.6 Å². The second-order valence-electron chi connectivity index (χ2n) is 9.05. The van der Waals surface area contributed by atoms with Crippen LogP contribution in [0.2, 0.25) is 0 Å². The molecule has 0 N–H and O–H groups in total. The molecule has 2 heterocycles. The topological polar surface area (TPSA) is 38.7 Å². The van der Waals surface area contributed by atoms with Gasteiger partial charge in [0, 0.05) is 23.5 Å². The Bertz CT molecular complexity index is 1360. The highest BCUT2D eigenvalue weighted by Crippen LogP contribution is 2.33. The van der Waals surface area contributed by atoms with Gasteiger partial charge in [0.25, 0.3) is 0 Å². The van der Waals surface area contributed by atoms with E-state index in [2.05, 4.69) is 74.3 Å². The Hall–Kier alpha value is -3.85. The average molecular weight is 416 g/mol. The quantitative estimate of drug-likeness (QED) is 0.310. The maximum absolute atomic E-state index is 5.02. The SMILES string of the molecule is CC(C)(C)c1ccc(-c2nc3ccccc3nc2-c2ccc(-c3ccncc3)cc2)cc1. The predicted molar refractivity (Wildman–Crippen MR) is 132 cm³/mol. The number of benzene rings is 3. The first-order chi connectivity index (χ1) is 15.5. The third-order valence-corrected chi connectivity index (χ3v) is 5.77. The Morgan fingerprint density at radius 3 is 1.44 bits per heavy atom. The van der Waals surface area contributed by atoms with Crippen LogP contribution in [-0.2, 0) is 5.41 Å². The molecule has 0 aliphatic rings. The molecule has 5 aromatic rings. The zero-order chi connectivity index (χ0) is 22.1. The molecule has 0 saturated heterocycles. The number of hydrogen-bond acceptors (Lipinski definition) is 3. The van der Waals surface area contributed by atoms with Crippen LogP contribution in [0, 0.1) is 0 Å². The Kier molecular flexibility index (Phi) is 5.02. The van der Waals surface area contributed by atoms with E-state index in [4.69, 9.17) is 9.97 Å². The highest BCUT2D eigenvalue weighted by molar-refractivity contribution is 5.86. The second kappa shape index (κ2) is 8.01. The lowest BCUT2D eigenvalue weighted by Gasteiger charge is -2.19. The Morgan fingerprint density at radius 1 is 0.500 bits per heavy atom. The number of para-hydroxylation sites is 2. The van der Waals surface area contributed by atoms with Crippen molar-refractivity contribution in [1.82, 2.24) is 15.0 Å². The molecule has 3 aromatic carbocycles. The molecule has 5 rings (SSSR count). The van der Waals surface area contributed by atoms with Gasteiger partial charge in [-0.25, -0.2) is 9.97 Å². The molecule has 0 saturated carbocycles. The van der Waals surface area contributed by atoms with Gasteiger partial charge in [-0.15, -0.1) is 0 Å². The fraction of sp³-hybridized carbons (Fsp3) is 0.138. The standard InChI is InChI=1S/C29H25N3/c1-29(2,3)24-14-12-23(13-15-24)28-27(31-25-6-4-5-7-26(25)32-28)22-10-8-20(9-11-22)21-16-18-30-19-17-21/h4-19H,1-3H3. The van der Waals surface area contributed by atoms with Gasteiger partial charge in [-0.05, 0) is 46.4 Å². The van der Waals surface area contributed by atoms with Crippen molar-refractivity contribution in [1.29, 1.82) is 0 Å². The molecule has 0 atom stereocenters. The largest absolute Gasteiger partial charge is 0.265 e. The minimum Gasteiger partial charge on any atom is -0.265 e. The van der Waals surface area contributed by atoms with Crippen LogP contribution < -0.4 is 0 Å². The van der Waals surface area contributed by atoms with Gasteiger partial charge >= 0.3 is 0 Å². The van der Waals surface area contributed by atoms with Gasteiger partial charge < -0.3 is 0 Å². The average Bonchev–Trinajstić information content (AvgIpc) is 2.83. The molecule has 0 unspecified atom stereocenters. The first-order valence-electron chi connectivity index (χ1n) is 10.9. The van der Waals surface area contributed by atoms with Crippen LogP contribution in [0.4, 0.5) is 0 Å². The van der Waals surface area contributed by atoms with E-state index in [-0.39, 0.29) is 5.41 Å². The van der Waals surface area contributed by atoms with Gasteiger partial charge in [-0.2, -0.15) is 0 Å². The first-order valence-corrected chi connectivity index (χ1v) is 10.9. The zero-order valence-corrected chi connectivity index (χ0v) is 18.6. The fourth-order valence-corrected chi connectivity index (χ4v) is 3.90. The molecule has 0 radical (unpaired) electrons. The van der Waals surface area contributed by atoms with E-state index in [1.54, 1.807) is 0 Å². The predicted octanol–water partition coefficient (Wildman–Crippen LogP) is 7.32. The van der Waals surface area contributed by atoms with E-state index < -0.39 is 0 Å². The van der Waals surface area contributed by atoms with Crippen molar-refractivity contribution in [2.24, 2.45) is 0 Å². The number of hydrogen-bond donors (Lipinski definition) is 0. The summed E-state index contributed by atoms with van der Waals surface area (Å²) in [5.41, 5.74) is 9.44. The van der Waals surface area contributed by atoms with Crippen LogP contribution in [0.25, 0.3) is 44.7 Å². The summed E-state index contributed by atoms with van der Waals surface area (Å²) < 4.78 is 0. The normalized spacial score (nSPS) is 11.6. The van der Waals surface area contributed by atoms with Crippen LogP contribution in [-0.4, -0.2) is 15.0 Å². The molecule has 0 aliphatic heterocycles. The fourth-order valence-electron chi connectivity index (χ4n) is 3.90. The lowest BCUT2D eigenvalue weighted by atomic mass is 9.86. The Morgan fingerprint density at radius 2 is 0.938 bits per heavy atom. The van der Waals surface area contributed by atoms with Crippen LogP contribution in [0.1, 0.15) is 26.3 Å². The molecule has 0 amide bonds. The molecule has 3 nitrogen and oxygen atoms in total. The van der Waals surface area contributed by atoms with Gasteiger partial charge in [0.2, 0.25) is 0 Å². The summed E-state index contributed by atoms with van der Waals surface area (Å²) in [4.78, 5) is 14.2. The van der Waals surface area contributed by atoms with Gasteiger partial charge in [-0.3, -0.25) is 4.98 Å². The smallest absolute Gasteiger partial charge is 0.0973 e. The Labute approximate surface area is 188 Å². The van der Waals surface area contributed by atoms with E-state index in [0.29, 0.717) is 0 Å². The molecule has 156 valence electrons. The van der Waals surface area contributed by atoms with Crippen LogP contribution in [0.15, 0.2) is 97.3 Å². The van der Waals surface area contributed by atoms with Crippen molar-refractivity contribution in [3.05, 3.63) is 103 Å². The Balaban J connectivity index is 1.63. The van der Waals surface area contributed by atoms with Crippen LogP contribution in [0.5, 0.6) is 0 Å². The summed E-state index contributed by atoms with van der Waals surface area (Å²) in [5, 5.41) is 0. The van der Waals surface area contributed by atoms with Gasteiger partial charge in [-0.1, -0.05) is 81.4 Å². The van der Waals surface area contributed by atoms with Crippen LogP contribution >= 0.6 is 0 Å².